The zero-order valence-corrected chi connectivity index (χ0v) is 16.3. The number of anilines is 1. The smallest absolute Gasteiger partial charge is 0.234 e. The highest BCUT2D eigenvalue weighted by molar-refractivity contribution is 7.99. The monoisotopic (exact) mass is 403 g/mol. The van der Waals surface area contributed by atoms with Gasteiger partial charge in [0, 0.05) is 16.9 Å². The lowest BCUT2D eigenvalue weighted by molar-refractivity contribution is -0.113. The van der Waals surface area contributed by atoms with E-state index in [1.807, 2.05) is 65.2 Å². The molecule has 1 N–H and O–H groups in total. The number of amides is 1. The molecule has 6 heteroatoms. The average molecular weight is 403 g/mol. The maximum Gasteiger partial charge on any atom is 0.234 e. The van der Waals surface area contributed by atoms with E-state index in [-0.39, 0.29) is 17.5 Å². The second-order valence-electron chi connectivity index (χ2n) is 6.31. The largest absolute Gasteiger partial charge is 0.325 e. The maximum absolute atomic E-state index is 13.4. The van der Waals surface area contributed by atoms with Crippen LogP contribution in [0.4, 0.5) is 10.1 Å². The number of aromatic nitrogens is 2. The fourth-order valence-corrected chi connectivity index (χ4v) is 3.73. The summed E-state index contributed by atoms with van der Waals surface area (Å²) in [5.74, 6) is -0.205. The van der Waals surface area contributed by atoms with Gasteiger partial charge in [0.05, 0.1) is 17.6 Å². The number of nitrogens with zero attached hydrogens (tertiary/aromatic N) is 2. The molecule has 1 amide bonds. The van der Waals surface area contributed by atoms with Crippen LogP contribution in [0.15, 0.2) is 96.3 Å². The number of thioether (sulfide) groups is 1. The summed E-state index contributed by atoms with van der Waals surface area (Å²) in [6.07, 6.45) is 1.77. The molecule has 0 aliphatic carbocycles. The van der Waals surface area contributed by atoms with Gasteiger partial charge < -0.3 is 5.32 Å². The van der Waals surface area contributed by atoms with E-state index in [0.717, 1.165) is 22.6 Å². The molecule has 144 valence electrons. The molecule has 29 heavy (non-hydrogen) atoms. The molecule has 4 nitrogen and oxygen atoms in total. The molecule has 0 radical (unpaired) electrons. The van der Waals surface area contributed by atoms with Gasteiger partial charge in [0.15, 0.2) is 5.16 Å². The normalized spacial score (nSPS) is 10.7. The first kappa shape index (κ1) is 19.0. The molecule has 4 aromatic rings. The third kappa shape index (κ3) is 4.55. The molecule has 3 aromatic carbocycles. The Balaban J connectivity index is 1.60. The number of imidazole rings is 1. The second kappa shape index (κ2) is 8.75. The van der Waals surface area contributed by atoms with Gasteiger partial charge in [-0.15, -0.1) is 0 Å². The Kier molecular flexibility index (Phi) is 5.72. The van der Waals surface area contributed by atoms with Crippen molar-refractivity contribution >= 4 is 23.4 Å². The highest BCUT2D eigenvalue weighted by Gasteiger charge is 2.15. The summed E-state index contributed by atoms with van der Waals surface area (Å²) in [4.78, 5) is 16.9. The van der Waals surface area contributed by atoms with Crippen molar-refractivity contribution in [3.63, 3.8) is 0 Å². The minimum Gasteiger partial charge on any atom is -0.325 e. The minimum absolute atomic E-state index is 0.115. The predicted octanol–water partition coefficient (Wildman–Crippen LogP) is 5.41. The molecule has 0 saturated heterocycles. The lowest BCUT2D eigenvalue weighted by atomic mass is 10.1. The van der Waals surface area contributed by atoms with Crippen molar-refractivity contribution in [3.8, 4) is 16.9 Å². The van der Waals surface area contributed by atoms with Gasteiger partial charge in [-0.1, -0.05) is 60.3 Å². The summed E-state index contributed by atoms with van der Waals surface area (Å²) in [6.45, 7) is 0. The summed E-state index contributed by atoms with van der Waals surface area (Å²) >= 11 is 1.33. The van der Waals surface area contributed by atoms with Gasteiger partial charge in [-0.3, -0.25) is 9.36 Å². The van der Waals surface area contributed by atoms with Crippen LogP contribution < -0.4 is 5.32 Å². The molecular formula is C23H18FN3OS. The zero-order valence-electron chi connectivity index (χ0n) is 15.5. The second-order valence-corrected chi connectivity index (χ2v) is 7.25. The first-order chi connectivity index (χ1) is 14.2. The average Bonchev–Trinajstić information content (AvgIpc) is 3.18. The zero-order chi connectivity index (χ0) is 20.1. The third-order valence-electron chi connectivity index (χ3n) is 4.27. The van der Waals surface area contributed by atoms with E-state index in [0.29, 0.717) is 5.16 Å². The van der Waals surface area contributed by atoms with Gasteiger partial charge in [0.2, 0.25) is 5.91 Å². The Labute approximate surface area is 172 Å². The van der Waals surface area contributed by atoms with Gasteiger partial charge in [-0.05, 0) is 36.4 Å². The Hall–Kier alpha value is -3.38. The molecule has 0 bridgehead atoms. The molecule has 1 aromatic heterocycles. The Morgan fingerprint density at radius 2 is 1.59 bits per heavy atom. The third-order valence-corrected chi connectivity index (χ3v) is 5.23. The SMILES string of the molecule is O=C(CSc1ncc(-c2ccccc2)n1-c1ccc(F)cc1)Nc1ccccc1. The van der Waals surface area contributed by atoms with E-state index in [1.54, 1.807) is 18.3 Å². The number of rotatable bonds is 6. The molecule has 0 unspecified atom stereocenters. The van der Waals surface area contributed by atoms with Crippen LogP contribution in [0.25, 0.3) is 16.9 Å². The van der Waals surface area contributed by atoms with Gasteiger partial charge in [0.1, 0.15) is 5.82 Å². The summed E-state index contributed by atoms with van der Waals surface area (Å²) in [5.41, 5.74) is 3.41. The fraction of sp³-hybridized carbons (Fsp3) is 0.0435. The van der Waals surface area contributed by atoms with Gasteiger partial charge in [-0.2, -0.15) is 0 Å². The maximum atomic E-state index is 13.4. The quantitative estimate of drug-likeness (QED) is 0.438. The van der Waals surface area contributed by atoms with Crippen LogP contribution in [-0.4, -0.2) is 21.2 Å². The number of hydrogen-bond acceptors (Lipinski definition) is 3. The van der Waals surface area contributed by atoms with Crippen molar-refractivity contribution in [2.75, 3.05) is 11.1 Å². The Morgan fingerprint density at radius 1 is 0.931 bits per heavy atom. The summed E-state index contributed by atoms with van der Waals surface area (Å²) < 4.78 is 15.4. The summed E-state index contributed by atoms with van der Waals surface area (Å²) in [7, 11) is 0. The van der Waals surface area contributed by atoms with Gasteiger partial charge in [-0.25, -0.2) is 9.37 Å². The molecule has 1 heterocycles. The van der Waals surface area contributed by atoms with Crippen molar-refractivity contribution < 1.29 is 9.18 Å². The fourth-order valence-electron chi connectivity index (χ4n) is 2.94. The van der Waals surface area contributed by atoms with Crippen molar-refractivity contribution in [2.24, 2.45) is 0 Å². The predicted molar refractivity (Wildman–Crippen MR) is 115 cm³/mol. The van der Waals surface area contributed by atoms with Crippen molar-refractivity contribution in [1.29, 1.82) is 0 Å². The van der Waals surface area contributed by atoms with Gasteiger partial charge >= 0.3 is 0 Å². The van der Waals surface area contributed by atoms with E-state index in [9.17, 15) is 9.18 Å². The molecule has 0 aliphatic heterocycles. The minimum atomic E-state index is -0.299. The highest BCUT2D eigenvalue weighted by Crippen LogP contribution is 2.30. The van der Waals surface area contributed by atoms with Crippen LogP contribution in [0.1, 0.15) is 0 Å². The standard InChI is InChI=1S/C23H18FN3OS/c24-18-11-13-20(14-12-18)27-21(17-7-3-1-4-8-17)15-25-23(27)29-16-22(28)26-19-9-5-2-6-10-19/h1-15H,16H2,(H,26,28). The van der Waals surface area contributed by atoms with Gasteiger partial charge in [0.25, 0.3) is 0 Å². The summed E-state index contributed by atoms with van der Waals surface area (Å²) in [5, 5.41) is 3.54. The van der Waals surface area contributed by atoms with Crippen molar-refractivity contribution in [1.82, 2.24) is 9.55 Å². The number of para-hydroxylation sites is 1. The summed E-state index contributed by atoms with van der Waals surface area (Å²) in [6, 6.07) is 25.4. The number of carbonyl (C=O) groups excluding carboxylic acids is 1. The van der Waals surface area contributed by atoms with E-state index in [4.69, 9.17) is 0 Å². The number of benzene rings is 3. The molecule has 0 atom stereocenters. The highest BCUT2D eigenvalue weighted by atomic mass is 32.2. The van der Waals surface area contributed by atoms with Crippen LogP contribution in [0.3, 0.4) is 0 Å². The topological polar surface area (TPSA) is 46.9 Å². The number of carbonyl (C=O) groups is 1. The Bertz CT molecular complexity index is 1100. The van der Waals surface area contributed by atoms with Crippen LogP contribution in [0.2, 0.25) is 0 Å². The van der Waals surface area contributed by atoms with E-state index >= 15 is 0 Å². The van der Waals surface area contributed by atoms with Crippen LogP contribution in [-0.2, 0) is 4.79 Å². The molecule has 0 spiro atoms. The first-order valence-corrected chi connectivity index (χ1v) is 10.1. The van der Waals surface area contributed by atoms with Crippen molar-refractivity contribution in [2.45, 2.75) is 5.16 Å². The lowest BCUT2D eigenvalue weighted by Gasteiger charge is -2.12. The van der Waals surface area contributed by atoms with E-state index in [2.05, 4.69) is 10.3 Å². The molecule has 0 saturated carbocycles. The van der Waals surface area contributed by atoms with Crippen LogP contribution >= 0.6 is 11.8 Å². The van der Waals surface area contributed by atoms with E-state index < -0.39 is 0 Å². The number of halogens is 1. The van der Waals surface area contributed by atoms with E-state index in [1.165, 1.54) is 23.9 Å². The number of hydrogen-bond donors (Lipinski definition) is 1. The van der Waals surface area contributed by atoms with Crippen LogP contribution in [0.5, 0.6) is 0 Å². The lowest BCUT2D eigenvalue weighted by Crippen LogP contribution is -2.14. The Morgan fingerprint density at radius 3 is 2.28 bits per heavy atom. The first-order valence-electron chi connectivity index (χ1n) is 9.07. The molecular weight excluding hydrogens is 385 g/mol. The number of nitrogens with one attached hydrogen (secondary N) is 1. The van der Waals surface area contributed by atoms with Crippen molar-refractivity contribution in [3.05, 3.63) is 96.9 Å². The molecule has 0 fully saturated rings. The molecule has 4 rings (SSSR count). The van der Waals surface area contributed by atoms with Crippen LogP contribution in [0, 0.1) is 5.82 Å². The molecule has 0 aliphatic rings.